The SMILES string of the molecule is CN(CCN(C)c1ccc(N=Nc2n(C)cc[n+]2C)cc1)c1ccc(N=Nc2[nH]cc[n+]2C)cc1.N/C=N\N.N=CN=Nc1ccc(O)cc1.N=CN=Nc1ccc(O)cc1O.N=CN=Nc1ccc(O)cc1O.O.O=C1C=CC(=NN=c2[n-]cc([N+](=O)[O-])s2)C(O)=C1.O=C1C=CC(=NN=c2[n-]cc([N+](=O)[O-])s2)C(O)=C1.O=[N+]([O-])c1cnc(N=Nc2ccc(O)cc2)s1.O=[N+]([O-])c1cnc(N=Nc2ccc(O)cc2O)s1.[Co]. The van der Waals surface area contributed by atoms with Crippen molar-refractivity contribution in [1.82, 2.24) is 29.5 Å². The molecule has 2 aliphatic carbocycles. The number of anilines is 2. The van der Waals surface area contributed by atoms with Crippen molar-refractivity contribution >= 4 is 187 Å². The molecule has 13 aromatic rings. The molecule has 0 spiro atoms. The monoisotopic (exact) mass is 2130 g/mol. The van der Waals surface area contributed by atoms with E-state index in [0.717, 1.165) is 168 Å². The summed E-state index contributed by atoms with van der Waals surface area (Å²) in [6.45, 7) is 1.75. The Labute approximate surface area is 851 Å². The molecule has 1 radical (unpaired) electrons. The molecule has 6 heterocycles. The number of phenolic OH excluding ortho intramolecular Hbond substituents is 8. The van der Waals surface area contributed by atoms with Gasteiger partial charge in [0, 0.05) is 118 Å². The van der Waals surface area contributed by atoms with Gasteiger partial charge < -0.3 is 98.1 Å². The third kappa shape index (κ3) is 41.4. The summed E-state index contributed by atoms with van der Waals surface area (Å²) in [5.74, 6) is 4.22. The number of allylic oxidation sites excluding steroid dienone is 6. The second kappa shape index (κ2) is 61.3. The van der Waals surface area contributed by atoms with Crippen molar-refractivity contribution < 1.29 is 112 Å². The van der Waals surface area contributed by atoms with Crippen LogP contribution in [-0.4, -0.2) is 171 Å². The van der Waals surface area contributed by atoms with Crippen LogP contribution in [-0.2, 0) is 47.5 Å². The van der Waals surface area contributed by atoms with E-state index in [1.807, 2.05) is 83.9 Å². The molecular weight excluding hydrogens is 2050 g/mol. The van der Waals surface area contributed by atoms with E-state index >= 15 is 0 Å². The van der Waals surface area contributed by atoms with E-state index < -0.39 is 19.7 Å². The average molecular weight is 2140 g/mol. The quantitative estimate of drug-likeness (QED) is 0.00369. The number of hydrogen-bond acceptors (Lipinski definition) is 48. The number of H-pyrrole nitrogens is 1. The molecule has 0 bridgehead atoms. The van der Waals surface area contributed by atoms with Gasteiger partial charge in [0.05, 0.1) is 77.0 Å². The minimum absolute atomic E-state index is 0. The number of thiazole rings is 4. The number of aliphatic hydroxyl groups excluding tert-OH is 2. The number of imidazole rings is 2. The Morgan fingerprint density at radius 3 is 1.15 bits per heavy atom. The first-order chi connectivity index (χ1) is 69.4. The number of aliphatic hydroxyl groups is 2. The van der Waals surface area contributed by atoms with Crippen molar-refractivity contribution in [2.45, 2.75) is 0 Å². The number of hydrazone groups is 1. The van der Waals surface area contributed by atoms with Gasteiger partial charge in [-0.1, -0.05) is 32.9 Å². The van der Waals surface area contributed by atoms with E-state index in [0.29, 0.717) is 17.3 Å². The molecule has 20 N–H and O–H groups in total. The molecule has 7 aromatic carbocycles. The Hall–Kier alpha value is -20.1. The summed E-state index contributed by atoms with van der Waals surface area (Å²) in [5, 5.41) is 222. The van der Waals surface area contributed by atoms with Crippen LogP contribution >= 0.6 is 45.3 Å². The van der Waals surface area contributed by atoms with E-state index in [9.17, 15) is 65.4 Å². The molecule has 15 rings (SSSR count). The van der Waals surface area contributed by atoms with Crippen molar-refractivity contribution in [3.8, 4) is 46.0 Å². The zero-order valence-corrected chi connectivity index (χ0v) is 80.5. The normalized spacial score (nSPS) is 12.5. The van der Waals surface area contributed by atoms with Crippen molar-refractivity contribution in [2.75, 3.05) is 37.0 Å². The van der Waals surface area contributed by atoms with Crippen molar-refractivity contribution in [3.05, 3.63) is 299 Å². The number of carbonyl (C=O) groups excluding carboxylic acids is 2. The van der Waals surface area contributed by atoms with Crippen LogP contribution < -0.4 is 50.1 Å². The third-order valence-electron chi connectivity index (χ3n) is 16.7. The van der Waals surface area contributed by atoms with Gasteiger partial charge in [-0.2, -0.15) is 5.10 Å². The van der Waals surface area contributed by atoms with Crippen LogP contribution in [0.2, 0.25) is 0 Å². The van der Waals surface area contributed by atoms with Crippen LogP contribution in [0.15, 0.2) is 346 Å². The smallest absolute Gasteiger partial charge is 0.421 e. The van der Waals surface area contributed by atoms with Crippen LogP contribution in [0.4, 0.5) is 93.4 Å². The molecule has 64 heteroatoms. The number of rotatable bonds is 25. The topological polar surface area (TPSA) is 888 Å². The Morgan fingerprint density at radius 2 is 0.816 bits per heavy atom. The van der Waals surface area contributed by atoms with E-state index in [4.69, 9.17) is 52.0 Å². The fourth-order valence-electron chi connectivity index (χ4n) is 9.75. The molecular formula is C83H82CoN38O21S4. The second-order valence-corrected chi connectivity index (χ2v) is 30.9. The van der Waals surface area contributed by atoms with Crippen molar-refractivity contribution in [1.29, 1.82) is 16.2 Å². The minimum Gasteiger partial charge on any atom is -0.508 e. The number of ketones is 2. The number of aromatic amines is 1. The number of nitro groups is 4. The standard InChI is InChI=1S/C25H31N10.3C9H6N4O4S.C9H6N4O3S.2C7H7N3O2.C7H7N3O.CH5N3.Co.H2O/c1-31(22-10-6-20(7-11-22)27-29-24-26-14-15-33(24)3)16-17-32(2)23-12-8-21(9-13-23)28-30-25-34(4)18-19-35(25)5;3*14-5-1-2-6(7(15)3-5)11-12-9-10-4-8(18-9)13(16)17;14-7-3-1-6(2-4-7)11-12-9-10-5-8(17-9)13(15)16;2*8-4-9-10-6-2-1-5(11)3-7(6)12;8-5-9-10-6-1-3-7(11)4-2-6;2-1-4-3;;/h6-15,18-19H,16-17H2,1-5H3;2*1-4H,(H2,10,12,14,15);1-4,14-15H;1-5,14H;2*1-4,8,11-12H;1-5,8,11H;1H,3H2,(H2,2,4);;1H2/q+1;;;;;;;;;;/p-1. The first kappa shape index (κ1) is 117. The van der Waals surface area contributed by atoms with Crippen molar-refractivity contribution in [3.63, 3.8) is 0 Å². The molecule has 0 amide bonds. The molecule has 0 unspecified atom stereocenters. The maximum absolute atomic E-state index is 10.9. The van der Waals surface area contributed by atoms with Crippen LogP contribution in [0.5, 0.6) is 46.0 Å². The van der Waals surface area contributed by atoms with Gasteiger partial charge >= 0.3 is 31.9 Å². The van der Waals surface area contributed by atoms with Gasteiger partial charge in [0.2, 0.25) is 10.3 Å². The Balaban J connectivity index is 0.000000302. The largest absolute Gasteiger partial charge is 0.508 e. The number of nitrogens with one attached hydrogen (secondary N) is 4. The molecule has 0 aliphatic heterocycles. The summed E-state index contributed by atoms with van der Waals surface area (Å²) in [7, 11) is 10.0. The zero-order chi connectivity index (χ0) is 106. The molecule has 6 aromatic heterocycles. The molecule has 2 aliphatic rings. The summed E-state index contributed by atoms with van der Waals surface area (Å²) in [6.07, 6.45) is 22.4. The summed E-state index contributed by atoms with van der Waals surface area (Å²) in [6, 6.07) is 40.2. The predicted octanol–water partition coefficient (Wildman–Crippen LogP) is 15.0. The molecule has 147 heavy (non-hydrogen) atoms. The Kier molecular flexibility index (Phi) is 49.0. The fraction of sp³-hybridized carbons (Fsp3) is 0.0843. The summed E-state index contributed by atoms with van der Waals surface area (Å²) in [4.78, 5) is 83.6. The number of benzene rings is 7. The van der Waals surface area contributed by atoms with E-state index in [2.05, 4.69) is 182 Å². The molecule has 763 valence electrons. The van der Waals surface area contributed by atoms with Crippen molar-refractivity contribution in [2.24, 2.45) is 130 Å². The van der Waals surface area contributed by atoms with Crippen LogP contribution in [0.25, 0.3) is 0 Å². The first-order valence-electron chi connectivity index (χ1n) is 39.8. The van der Waals surface area contributed by atoms with Gasteiger partial charge in [0.25, 0.3) is 0 Å². The predicted molar refractivity (Wildman–Crippen MR) is 532 cm³/mol. The van der Waals surface area contributed by atoms with E-state index in [-0.39, 0.29) is 160 Å². The second-order valence-electron chi connectivity index (χ2n) is 26.9. The average Bonchev–Trinajstić information content (AvgIpc) is 1.82. The number of aryl methyl sites for hydroxylation is 3. The first-order valence-corrected chi connectivity index (χ1v) is 43.1. The van der Waals surface area contributed by atoms with Gasteiger partial charge in [-0.25, -0.2) is 28.7 Å². The minimum atomic E-state index is -0.583. The molecule has 59 nitrogen and oxygen atoms in total. The zero-order valence-electron chi connectivity index (χ0n) is 76.2. The van der Waals surface area contributed by atoms with Crippen LogP contribution in [0, 0.1) is 56.7 Å². The maximum atomic E-state index is 10.9. The molecule has 0 saturated heterocycles. The number of aromatic hydroxyl groups is 8. The summed E-state index contributed by atoms with van der Waals surface area (Å²) >= 11 is 3.12. The van der Waals surface area contributed by atoms with Gasteiger partial charge in [0.15, 0.2) is 11.6 Å². The van der Waals surface area contributed by atoms with Crippen LogP contribution in [0.1, 0.15) is 0 Å². The number of carbonyl (C=O) groups is 2. The summed E-state index contributed by atoms with van der Waals surface area (Å²) < 4.78 is 5.75. The number of hydrogen-bond donors (Lipinski definition) is 16. The number of phenols is 8. The molecule has 0 fully saturated rings. The number of azo groups is 7. The molecule has 0 saturated carbocycles. The fourth-order valence-corrected chi connectivity index (χ4v) is 12.0. The Morgan fingerprint density at radius 1 is 0.463 bits per heavy atom. The van der Waals surface area contributed by atoms with Gasteiger partial charge in [0.1, 0.15) is 135 Å². The number of nitrogens with two attached hydrogens (primary N) is 2. The Bertz CT molecular complexity index is 7080. The van der Waals surface area contributed by atoms with Gasteiger partial charge in [-0.05, 0) is 180 Å². The van der Waals surface area contributed by atoms with E-state index in [1.54, 1.807) is 24.3 Å². The number of nitrogens with zero attached hydrogens (tertiary/aromatic N) is 32. The van der Waals surface area contributed by atoms with Gasteiger partial charge in [-0.3, -0.25) is 76.5 Å². The van der Waals surface area contributed by atoms with Crippen LogP contribution in [0.3, 0.4) is 0 Å². The maximum Gasteiger partial charge on any atom is 0.421 e. The van der Waals surface area contributed by atoms with Gasteiger partial charge in [-0.15, -0.1) is 51.1 Å². The number of aromatic nitrogens is 8. The third-order valence-corrected chi connectivity index (χ3v) is 20.0. The van der Waals surface area contributed by atoms with E-state index in [1.165, 1.54) is 85.0 Å². The summed E-state index contributed by atoms with van der Waals surface area (Å²) in [5.41, 5.74) is 10.4. The molecule has 0 atom stereocenters. The number of likely N-dealkylation sites (N-methyl/N-ethyl adjacent to an activating group) is 2.